The van der Waals surface area contributed by atoms with Crippen LogP contribution >= 0.6 is 0 Å². The van der Waals surface area contributed by atoms with Crippen LogP contribution in [0.5, 0.6) is 0 Å². The Bertz CT molecular complexity index is 534. The topological polar surface area (TPSA) is 18.5 Å². The molecule has 118 valence electrons. The molecule has 0 atom stereocenters. The molecular formula is C20H26O2. The molecule has 1 heterocycles. The summed E-state index contributed by atoms with van der Waals surface area (Å²) in [5.74, 6) is 0.774. The summed E-state index contributed by atoms with van der Waals surface area (Å²) >= 11 is 0. The molecular weight excluding hydrogens is 272 g/mol. The van der Waals surface area contributed by atoms with Gasteiger partial charge in [-0.15, -0.1) is 0 Å². The van der Waals surface area contributed by atoms with Gasteiger partial charge in [0, 0.05) is 12.8 Å². The van der Waals surface area contributed by atoms with Crippen molar-refractivity contribution in [1.82, 2.24) is 0 Å². The first kappa shape index (κ1) is 14.3. The smallest absolute Gasteiger partial charge is 0.211 e. The molecule has 0 aromatic heterocycles. The van der Waals surface area contributed by atoms with Gasteiger partial charge in [-0.25, -0.2) is 0 Å². The van der Waals surface area contributed by atoms with Gasteiger partial charge in [0.2, 0.25) is 5.79 Å². The Morgan fingerprint density at radius 2 is 1.41 bits per heavy atom. The predicted molar refractivity (Wildman–Crippen MR) is 88.2 cm³/mol. The van der Waals surface area contributed by atoms with Crippen LogP contribution in [0.15, 0.2) is 36.1 Å². The molecule has 1 aromatic rings. The van der Waals surface area contributed by atoms with Crippen molar-refractivity contribution in [2.24, 2.45) is 0 Å². The molecule has 2 saturated carbocycles. The third-order valence-electron chi connectivity index (χ3n) is 5.50. The molecule has 0 amide bonds. The number of hydrogen-bond donors (Lipinski definition) is 0. The Hall–Kier alpha value is -1.28. The Labute approximate surface area is 133 Å². The van der Waals surface area contributed by atoms with Gasteiger partial charge in [0.15, 0.2) is 0 Å². The Kier molecular flexibility index (Phi) is 3.73. The van der Waals surface area contributed by atoms with Gasteiger partial charge < -0.3 is 9.47 Å². The van der Waals surface area contributed by atoms with Gasteiger partial charge in [-0.2, -0.15) is 0 Å². The van der Waals surface area contributed by atoms with Crippen LogP contribution in [-0.4, -0.2) is 11.4 Å². The summed E-state index contributed by atoms with van der Waals surface area (Å²) in [6.07, 6.45) is 14.2. The number of benzene rings is 1. The van der Waals surface area contributed by atoms with Crippen molar-refractivity contribution < 1.29 is 9.47 Å². The fourth-order valence-electron chi connectivity index (χ4n) is 4.35. The van der Waals surface area contributed by atoms with E-state index in [-0.39, 0.29) is 11.4 Å². The molecule has 0 radical (unpaired) electrons. The minimum Gasteiger partial charge on any atom is -0.464 e. The maximum absolute atomic E-state index is 6.71. The molecule has 0 N–H and O–H groups in total. The zero-order valence-electron chi connectivity index (χ0n) is 13.4. The molecule has 2 heteroatoms. The quantitative estimate of drug-likeness (QED) is 0.687. The van der Waals surface area contributed by atoms with E-state index in [0.29, 0.717) is 0 Å². The van der Waals surface area contributed by atoms with Gasteiger partial charge in [0.25, 0.3) is 0 Å². The highest BCUT2D eigenvalue weighted by Gasteiger charge is 2.54. The predicted octanol–water partition coefficient (Wildman–Crippen LogP) is 5.44. The normalized spacial score (nSPS) is 28.1. The molecule has 1 aliphatic heterocycles. The van der Waals surface area contributed by atoms with E-state index in [1.807, 2.05) is 0 Å². The van der Waals surface area contributed by atoms with Crippen molar-refractivity contribution in [3.8, 4) is 0 Å². The largest absolute Gasteiger partial charge is 0.464 e. The standard InChI is InChI=1S/C20H26O2/c1-4-10-17(11-5-1)16-18-19(12-6-2-7-13-19)22-20(21-18)14-8-3-9-15-20/h1,4-5,10-11,16H,2-3,6-9,12-15H2/b18-16-. The monoisotopic (exact) mass is 298 g/mol. The lowest BCUT2D eigenvalue weighted by Crippen LogP contribution is -2.39. The van der Waals surface area contributed by atoms with Crippen LogP contribution in [0.2, 0.25) is 0 Å². The molecule has 22 heavy (non-hydrogen) atoms. The molecule has 1 aromatic carbocycles. The van der Waals surface area contributed by atoms with E-state index in [0.717, 1.165) is 31.4 Å². The molecule has 4 rings (SSSR count). The third kappa shape index (κ3) is 2.58. The minimum atomic E-state index is -0.323. The lowest BCUT2D eigenvalue weighted by molar-refractivity contribution is -0.207. The summed E-state index contributed by atoms with van der Waals surface area (Å²) in [5.41, 5.74) is 1.07. The fourth-order valence-corrected chi connectivity index (χ4v) is 4.35. The van der Waals surface area contributed by atoms with Crippen LogP contribution in [0.25, 0.3) is 6.08 Å². The zero-order valence-corrected chi connectivity index (χ0v) is 13.4. The molecule has 2 nitrogen and oxygen atoms in total. The summed E-state index contributed by atoms with van der Waals surface area (Å²) in [5, 5.41) is 0. The maximum Gasteiger partial charge on any atom is 0.211 e. The van der Waals surface area contributed by atoms with E-state index in [4.69, 9.17) is 9.47 Å². The molecule has 0 unspecified atom stereocenters. The van der Waals surface area contributed by atoms with Gasteiger partial charge in [-0.1, -0.05) is 56.0 Å². The van der Waals surface area contributed by atoms with Gasteiger partial charge in [0.1, 0.15) is 11.4 Å². The summed E-state index contributed by atoms with van der Waals surface area (Å²) < 4.78 is 13.2. The summed E-state index contributed by atoms with van der Waals surface area (Å²) in [6, 6.07) is 10.5. The second kappa shape index (κ2) is 5.73. The highest BCUT2D eigenvalue weighted by atomic mass is 16.8. The van der Waals surface area contributed by atoms with Crippen molar-refractivity contribution in [2.75, 3.05) is 0 Å². The molecule has 0 bridgehead atoms. The zero-order chi connectivity index (χ0) is 14.9. The first-order chi connectivity index (χ1) is 10.8. The highest BCUT2D eigenvalue weighted by Crippen LogP contribution is 2.52. The molecule has 3 aliphatic rings. The SMILES string of the molecule is C(=C1/OC2(CCCCC2)OC12CCCCC2)/c1ccccc1. The molecule has 1 saturated heterocycles. The van der Waals surface area contributed by atoms with Crippen LogP contribution < -0.4 is 0 Å². The van der Waals surface area contributed by atoms with Gasteiger partial charge in [-0.05, 0) is 37.3 Å². The van der Waals surface area contributed by atoms with E-state index in [2.05, 4.69) is 36.4 Å². The van der Waals surface area contributed by atoms with Crippen LogP contribution in [0.4, 0.5) is 0 Å². The lowest BCUT2D eigenvalue weighted by atomic mass is 9.82. The van der Waals surface area contributed by atoms with Crippen LogP contribution in [-0.2, 0) is 9.47 Å². The first-order valence-electron chi connectivity index (χ1n) is 8.97. The summed E-state index contributed by atoms with van der Waals surface area (Å²) in [7, 11) is 0. The second-order valence-corrected chi connectivity index (χ2v) is 7.15. The summed E-state index contributed by atoms with van der Waals surface area (Å²) in [6.45, 7) is 0. The van der Waals surface area contributed by atoms with E-state index < -0.39 is 0 Å². The van der Waals surface area contributed by atoms with Crippen molar-refractivity contribution >= 4 is 6.08 Å². The van der Waals surface area contributed by atoms with Gasteiger partial charge in [0.05, 0.1) is 0 Å². The number of hydrogen-bond acceptors (Lipinski definition) is 2. The van der Waals surface area contributed by atoms with E-state index in [9.17, 15) is 0 Å². The Morgan fingerprint density at radius 1 is 0.773 bits per heavy atom. The van der Waals surface area contributed by atoms with Gasteiger partial charge in [-0.3, -0.25) is 0 Å². The Balaban J connectivity index is 1.68. The van der Waals surface area contributed by atoms with Crippen molar-refractivity contribution in [2.45, 2.75) is 75.6 Å². The van der Waals surface area contributed by atoms with Crippen molar-refractivity contribution in [3.63, 3.8) is 0 Å². The highest BCUT2D eigenvalue weighted by molar-refractivity contribution is 5.54. The van der Waals surface area contributed by atoms with Gasteiger partial charge >= 0.3 is 0 Å². The van der Waals surface area contributed by atoms with E-state index in [1.165, 1.54) is 44.1 Å². The van der Waals surface area contributed by atoms with Crippen LogP contribution in [0, 0.1) is 0 Å². The van der Waals surface area contributed by atoms with E-state index in [1.54, 1.807) is 0 Å². The molecule has 3 fully saturated rings. The van der Waals surface area contributed by atoms with Crippen LogP contribution in [0.1, 0.15) is 69.8 Å². The average Bonchev–Trinajstić information content (AvgIpc) is 2.82. The fraction of sp³-hybridized carbons (Fsp3) is 0.600. The van der Waals surface area contributed by atoms with E-state index >= 15 is 0 Å². The van der Waals surface area contributed by atoms with Crippen LogP contribution in [0.3, 0.4) is 0 Å². The first-order valence-corrected chi connectivity index (χ1v) is 8.97. The average molecular weight is 298 g/mol. The summed E-state index contributed by atoms with van der Waals surface area (Å²) in [4.78, 5) is 0. The second-order valence-electron chi connectivity index (χ2n) is 7.15. The minimum absolute atomic E-state index is 0.147. The maximum atomic E-state index is 6.71. The number of rotatable bonds is 1. The molecule has 2 spiro atoms. The lowest BCUT2D eigenvalue weighted by Gasteiger charge is -2.35. The third-order valence-corrected chi connectivity index (χ3v) is 5.50. The van der Waals surface area contributed by atoms with Crippen molar-refractivity contribution in [3.05, 3.63) is 41.7 Å². The molecule has 2 aliphatic carbocycles. The number of ether oxygens (including phenoxy) is 2. The Morgan fingerprint density at radius 3 is 2.09 bits per heavy atom. The van der Waals surface area contributed by atoms with Crippen molar-refractivity contribution in [1.29, 1.82) is 0 Å².